The van der Waals surface area contributed by atoms with Crippen molar-refractivity contribution >= 4 is 5.96 Å². The normalized spacial score (nSPS) is 17.2. The molecule has 1 aliphatic heterocycles. The zero-order valence-corrected chi connectivity index (χ0v) is 15.3. The minimum atomic E-state index is -0.367. The van der Waals surface area contributed by atoms with E-state index in [9.17, 15) is 4.39 Å². The lowest BCUT2D eigenvalue weighted by Gasteiger charge is -2.32. The first-order valence-corrected chi connectivity index (χ1v) is 8.80. The van der Waals surface area contributed by atoms with E-state index in [0.29, 0.717) is 12.6 Å². The summed E-state index contributed by atoms with van der Waals surface area (Å²) in [5.41, 5.74) is 0.803. The molecule has 1 fully saturated rings. The predicted molar refractivity (Wildman–Crippen MR) is 97.6 cm³/mol. The third kappa shape index (κ3) is 6.17. The molecular formula is C18H29FN4O2. The lowest BCUT2D eigenvalue weighted by Crippen LogP contribution is -2.49. The number of morpholine rings is 1. The lowest BCUT2D eigenvalue weighted by atomic mass is 10.2. The fourth-order valence-electron chi connectivity index (χ4n) is 2.71. The number of nitrogens with one attached hydrogen (secondary N) is 2. The molecule has 0 saturated carbocycles. The molecule has 0 aromatic heterocycles. The van der Waals surface area contributed by atoms with Gasteiger partial charge in [-0.2, -0.15) is 0 Å². The predicted octanol–water partition coefficient (Wildman–Crippen LogP) is 1.61. The van der Waals surface area contributed by atoms with Crippen LogP contribution in [0.25, 0.3) is 0 Å². The maximum absolute atomic E-state index is 13.8. The summed E-state index contributed by atoms with van der Waals surface area (Å²) in [6.07, 6.45) is 0. The van der Waals surface area contributed by atoms with Gasteiger partial charge in [0.15, 0.2) is 17.5 Å². The number of methoxy groups -OCH3 is 1. The van der Waals surface area contributed by atoms with Gasteiger partial charge in [0, 0.05) is 32.2 Å². The molecule has 25 heavy (non-hydrogen) atoms. The Hall–Kier alpha value is -1.86. The topological polar surface area (TPSA) is 58.1 Å². The van der Waals surface area contributed by atoms with Crippen LogP contribution in [0, 0.1) is 5.82 Å². The van der Waals surface area contributed by atoms with E-state index in [1.807, 2.05) is 13.0 Å². The number of guanidine groups is 1. The van der Waals surface area contributed by atoms with Gasteiger partial charge in [-0.05, 0) is 31.5 Å². The molecule has 0 radical (unpaired) electrons. The number of hydrogen-bond donors (Lipinski definition) is 2. The lowest BCUT2D eigenvalue weighted by molar-refractivity contribution is 0.0211. The molecule has 0 spiro atoms. The quantitative estimate of drug-likeness (QED) is 0.577. The fraction of sp³-hybridized carbons (Fsp3) is 0.611. The smallest absolute Gasteiger partial charge is 0.191 e. The summed E-state index contributed by atoms with van der Waals surface area (Å²) >= 11 is 0. The van der Waals surface area contributed by atoms with Crippen LogP contribution in [0.5, 0.6) is 5.75 Å². The fourth-order valence-corrected chi connectivity index (χ4v) is 2.71. The number of ether oxygens (including phenoxy) is 2. The molecule has 1 aromatic rings. The SMILES string of the molecule is CCNC(=NCc1ccc(OC)c(F)c1)NCC(C)N1CCOCC1. The van der Waals surface area contributed by atoms with Crippen LogP contribution in [0.2, 0.25) is 0 Å². The highest BCUT2D eigenvalue weighted by atomic mass is 19.1. The van der Waals surface area contributed by atoms with Crippen LogP contribution >= 0.6 is 0 Å². The molecule has 1 saturated heterocycles. The Balaban J connectivity index is 1.90. The van der Waals surface area contributed by atoms with Crippen molar-refractivity contribution in [3.63, 3.8) is 0 Å². The van der Waals surface area contributed by atoms with Gasteiger partial charge in [0.25, 0.3) is 0 Å². The van der Waals surface area contributed by atoms with E-state index in [2.05, 4.69) is 27.4 Å². The number of rotatable bonds is 7. The molecule has 2 rings (SSSR count). The van der Waals surface area contributed by atoms with Crippen molar-refractivity contribution in [1.29, 1.82) is 0 Å². The van der Waals surface area contributed by atoms with Gasteiger partial charge in [-0.15, -0.1) is 0 Å². The van der Waals surface area contributed by atoms with E-state index in [1.54, 1.807) is 6.07 Å². The summed E-state index contributed by atoms with van der Waals surface area (Å²) in [4.78, 5) is 6.94. The Labute approximate surface area is 149 Å². The zero-order chi connectivity index (χ0) is 18.1. The second-order valence-electron chi connectivity index (χ2n) is 6.04. The summed E-state index contributed by atoms with van der Waals surface area (Å²) in [5.74, 6) is 0.616. The summed E-state index contributed by atoms with van der Waals surface area (Å²) in [5, 5.41) is 6.59. The van der Waals surface area contributed by atoms with Gasteiger partial charge in [-0.25, -0.2) is 9.38 Å². The van der Waals surface area contributed by atoms with E-state index < -0.39 is 0 Å². The van der Waals surface area contributed by atoms with Gasteiger partial charge < -0.3 is 20.1 Å². The van der Waals surface area contributed by atoms with Crippen LogP contribution < -0.4 is 15.4 Å². The molecule has 140 valence electrons. The number of nitrogens with zero attached hydrogens (tertiary/aromatic N) is 2. The molecule has 7 heteroatoms. The highest BCUT2D eigenvalue weighted by Gasteiger charge is 2.17. The molecule has 0 amide bonds. The molecule has 1 heterocycles. The minimum absolute atomic E-state index is 0.247. The van der Waals surface area contributed by atoms with Gasteiger partial charge in [0.2, 0.25) is 0 Å². The third-order valence-corrected chi connectivity index (χ3v) is 4.21. The Morgan fingerprint density at radius 1 is 1.36 bits per heavy atom. The minimum Gasteiger partial charge on any atom is -0.494 e. The van der Waals surface area contributed by atoms with E-state index in [4.69, 9.17) is 9.47 Å². The summed E-state index contributed by atoms with van der Waals surface area (Å²) < 4.78 is 24.1. The summed E-state index contributed by atoms with van der Waals surface area (Å²) in [6, 6.07) is 5.31. The van der Waals surface area contributed by atoms with Gasteiger partial charge >= 0.3 is 0 Å². The van der Waals surface area contributed by atoms with Crippen molar-refractivity contribution < 1.29 is 13.9 Å². The van der Waals surface area contributed by atoms with Crippen LogP contribution in [0.1, 0.15) is 19.4 Å². The largest absolute Gasteiger partial charge is 0.494 e. The van der Waals surface area contributed by atoms with Crippen LogP contribution in [-0.2, 0) is 11.3 Å². The summed E-state index contributed by atoms with van der Waals surface area (Å²) in [7, 11) is 1.46. The number of benzene rings is 1. The Bertz CT molecular complexity index is 562. The van der Waals surface area contributed by atoms with E-state index in [1.165, 1.54) is 13.2 Å². The molecule has 1 aromatic carbocycles. The second kappa shape index (κ2) is 10.2. The van der Waals surface area contributed by atoms with Crippen molar-refractivity contribution in [3.8, 4) is 5.75 Å². The van der Waals surface area contributed by atoms with Crippen molar-refractivity contribution in [2.75, 3.05) is 46.5 Å². The molecular weight excluding hydrogens is 323 g/mol. The maximum atomic E-state index is 13.8. The van der Waals surface area contributed by atoms with E-state index in [-0.39, 0.29) is 11.6 Å². The molecule has 1 atom stereocenters. The monoisotopic (exact) mass is 352 g/mol. The maximum Gasteiger partial charge on any atom is 0.191 e. The van der Waals surface area contributed by atoms with Crippen molar-refractivity contribution in [2.24, 2.45) is 4.99 Å². The van der Waals surface area contributed by atoms with Gasteiger partial charge in [0.05, 0.1) is 26.9 Å². The zero-order valence-electron chi connectivity index (χ0n) is 15.3. The van der Waals surface area contributed by atoms with Crippen LogP contribution in [0.4, 0.5) is 4.39 Å². The number of hydrogen-bond acceptors (Lipinski definition) is 4. The highest BCUT2D eigenvalue weighted by molar-refractivity contribution is 5.79. The number of halogens is 1. The second-order valence-corrected chi connectivity index (χ2v) is 6.04. The Kier molecular flexibility index (Phi) is 7.94. The van der Waals surface area contributed by atoms with Crippen molar-refractivity contribution in [1.82, 2.24) is 15.5 Å². The first-order chi connectivity index (χ1) is 12.1. The first kappa shape index (κ1) is 19.5. The molecule has 1 aliphatic rings. The standard InChI is InChI=1S/C18H29FN4O2/c1-4-20-18(21-12-14(2)23-7-9-25-10-8-23)22-13-15-5-6-17(24-3)16(19)11-15/h5-6,11,14H,4,7-10,12-13H2,1-3H3,(H2,20,21,22). The van der Waals surface area contributed by atoms with Gasteiger partial charge in [-0.1, -0.05) is 6.07 Å². The van der Waals surface area contributed by atoms with Crippen molar-refractivity contribution in [3.05, 3.63) is 29.6 Å². The highest BCUT2D eigenvalue weighted by Crippen LogP contribution is 2.18. The first-order valence-electron chi connectivity index (χ1n) is 8.80. The van der Waals surface area contributed by atoms with Gasteiger partial charge in [0.1, 0.15) is 0 Å². The van der Waals surface area contributed by atoms with Crippen molar-refractivity contribution in [2.45, 2.75) is 26.4 Å². The molecule has 2 N–H and O–H groups in total. The molecule has 1 unspecified atom stereocenters. The molecule has 0 bridgehead atoms. The summed E-state index contributed by atoms with van der Waals surface area (Å²) in [6.45, 7) is 9.70. The Morgan fingerprint density at radius 3 is 2.76 bits per heavy atom. The third-order valence-electron chi connectivity index (χ3n) is 4.21. The molecule has 6 nitrogen and oxygen atoms in total. The van der Waals surface area contributed by atoms with Crippen LogP contribution in [0.15, 0.2) is 23.2 Å². The van der Waals surface area contributed by atoms with Crippen LogP contribution in [-0.4, -0.2) is 63.4 Å². The Morgan fingerprint density at radius 2 is 2.12 bits per heavy atom. The average molecular weight is 352 g/mol. The van der Waals surface area contributed by atoms with Gasteiger partial charge in [-0.3, -0.25) is 4.90 Å². The average Bonchev–Trinajstić information content (AvgIpc) is 2.64. The van der Waals surface area contributed by atoms with E-state index in [0.717, 1.165) is 50.9 Å². The van der Waals surface area contributed by atoms with Crippen LogP contribution in [0.3, 0.4) is 0 Å². The number of aliphatic imine (C=N–C) groups is 1. The molecule has 0 aliphatic carbocycles. The van der Waals surface area contributed by atoms with E-state index >= 15 is 0 Å².